The van der Waals surface area contributed by atoms with Crippen LogP contribution in [0.3, 0.4) is 0 Å². The number of ether oxygens (including phenoxy) is 1. The van der Waals surface area contributed by atoms with E-state index in [2.05, 4.69) is 4.99 Å². The molecule has 0 N–H and O–H groups in total. The number of halogens is 2. The first-order valence-electron chi connectivity index (χ1n) is 8.61. The number of ketones is 2. The summed E-state index contributed by atoms with van der Waals surface area (Å²) in [7, 11) is 1.60. The molecule has 0 unspecified atom stereocenters. The van der Waals surface area contributed by atoms with Gasteiger partial charge in [0.05, 0.1) is 23.7 Å². The number of hydrogen-bond acceptors (Lipinski definition) is 4. The number of methoxy groups -OCH3 is 1. The second kappa shape index (κ2) is 8.68. The maximum absolute atomic E-state index is 12.5. The van der Waals surface area contributed by atoms with E-state index >= 15 is 0 Å². The fourth-order valence-electron chi connectivity index (χ4n) is 3.17. The van der Waals surface area contributed by atoms with Gasteiger partial charge in [-0.15, -0.1) is 0 Å². The molecule has 2 aromatic rings. The highest BCUT2D eigenvalue weighted by Crippen LogP contribution is 2.32. The van der Waals surface area contributed by atoms with E-state index in [0.29, 0.717) is 29.4 Å². The van der Waals surface area contributed by atoms with Gasteiger partial charge in [-0.05, 0) is 41.3 Å². The third-order valence-corrected chi connectivity index (χ3v) is 5.43. The van der Waals surface area contributed by atoms with E-state index in [1.54, 1.807) is 19.2 Å². The van der Waals surface area contributed by atoms with Crippen LogP contribution in [0.15, 0.2) is 47.5 Å². The zero-order valence-corrected chi connectivity index (χ0v) is 16.3. The topological polar surface area (TPSA) is 55.7 Å². The van der Waals surface area contributed by atoms with Gasteiger partial charge < -0.3 is 4.74 Å². The third-order valence-electron chi connectivity index (χ3n) is 4.69. The molecular formula is C21H19Cl2NO3. The maximum atomic E-state index is 12.5. The van der Waals surface area contributed by atoms with Crippen molar-refractivity contribution in [2.45, 2.75) is 25.3 Å². The van der Waals surface area contributed by atoms with Crippen molar-refractivity contribution in [3.8, 4) is 5.75 Å². The molecule has 0 aliphatic heterocycles. The minimum atomic E-state index is -0.762. The van der Waals surface area contributed by atoms with Crippen LogP contribution in [0, 0.1) is 5.92 Å². The van der Waals surface area contributed by atoms with E-state index in [4.69, 9.17) is 27.9 Å². The Balaban J connectivity index is 1.63. The Hall–Kier alpha value is -2.17. The standard InChI is InChI=1S/C21H19Cl2NO3/c1-27-16-5-3-14(4-6-16)15-9-20(25)17(21(26)10-15)12-24-11-13-2-7-18(22)19(23)8-13/h2-8,12,15,17H,9-11H2,1H3. The summed E-state index contributed by atoms with van der Waals surface area (Å²) in [5, 5.41) is 0.933. The van der Waals surface area contributed by atoms with Gasteiger partial charge in [0.2, 0.25) is 0 Å². The maximum Gasteiger partial charge on any atom is 0.149 e. The molecule has 0 bridgehead atoms. The largest absolute Gasteiger partial charge is 0.497 e. The van der Waals surface area contributed by atoms with Crippen LogP contribution in [-0.4, -0.2) is 24.9 Å². The molecule has 27 heavy (non-hydrogen) atoms. The molecule has 0 heterocycles. The van der Waals surface area contributed by atoms with E-state index in [9.17, 15) is 9.59 Å². The summed E-state index contributed by atoms with van der Waals surface area (Å²) < 4.78 is 5.14. The fourth-order valence-corrected chi connectivity index (χ4v) is 3.49. The molecule has 2 aromatic carbocycles. The summed E-state index contributed by atoms with van der Waals surface area (Å²) >= 11 is 11.9. The minimum absolute atomic E-state index is 0.0874. The Morgan fingerprint density at radius 3 is 2.30 bits per heavy atom. The van der Waals surface area contributed by atoms with Crippen molar-refractivity contribution in [3.63, 3.8) is 0 Å². The first kappa shape index (κ1) is 19.6. The lowest BCUT2D eigenvalue weighted by molar-refractivity contribution is -0.133. The molecule has 0 radical (unpaired) electrons. The number of Topliss-reactive ketones (excluding diaryl/α,β-unsaturated/α-hetero) is 2. The molecule has 0 amide bonds. The molecule has 140 valence electrons. The van der Waals surface area contributed by atoms with Gasteiger partial charge in [-0.2, -0.15) is 0 Å². The first-order valence-corrected chi connectivity index (χ1v) is 9.36. The zero-order valence-electron chi connectivity index (χ0n) is 14.8. The van der Waals surface area contributed by atoms with E-state index < -0.39 is 5.92 Å². The van der Waals surface area contributed by atoms with Gasteiger partial charge in [0.25, 0.3) is 0 Å². The Kier molecular flexibility index (Phi) is 6.30. The highest BCUT2D eigenvalue weighted by molar-refractivity contribution is 6.42. The third kappa shape index (κ3) is 4.76. The van der Waals surface area contributed by atoms with E-state index in [1.807, 2.05) is 30.3 Å². The summed E-state index contributed by atoms with van der Waals surface area (Å²) in [6, 6.07) is 12.7. The number of rotatable bonds is 5. The van der Waals surface area contributed by atoms with E-state index in [1.165, 1.54) is 6.21 Å². The molecule has 0 spiro atoms. The highest BCUT2D eigenvalue weighted by Gasteiger charge is 2.34. The molecule has 1 aliphatic rings. The Morgan fingerprint density at radius 2 is 1.70 bits per heavy atom. The van der Waals surface area contributed by atoms with Crippen molar-refractivity contribution >= 4 is 41.0 Å². The van der Waals surface area contributed by atoms with Gasteiger partial charge in [0.1, 0.15) is 23.2 Å². The Morgan fingerprint density at radius 1 is 1.04 bits per heavy atom. The highest BCUT2D eigenvalue weighted by atomic mass is 35.5. The lowest BCUT2D eigenvalue weighted by Gasteiger charge is -2.24. The van der Waals surface area contributed by atoms with E-state index in [-0.39, 0.29) is 17.5 Å². The van der Waals surface area contributed by atoms with Crippen molar-refractivity contribution in [3.05, 3.63) is 63.6 Å². The Bertz CT molecular complexity index is 859. The number of aliphatic imine (C=N–C) groups is 1. The van der Waals surface area contributed by atoms with Crippen LogP contribution >= 0.6 is 23.2 Å². The normalized spacial score (nSPS) is 20.3. The molecule has 0 aromatic heterocycles. The SMILES string of the molecule is COc1ccc(C2CC(=O)C(C=NCc3ccc(Cl)c(Cl)c3)C(=O)C2)cc1. The lowest BCUT2D eigenvalue weighted by Crippen LogP contribution is -2.33. The first-order chi connectivity index (χ1) is 13.0. The van der Waals surface area contributed by atoms with Crippen molar-refractivity contribution in [1.82, 2.24) is 0 Å². The van der Waals surface area contributed by atoms with Crippen LogP contribution in [0.2, 0.25) is 10.0 Å². The van der Waals surface area contributed by atoms with Gasteiger partial charge >= 0.3 is 0 Å². The average molecular weight is 404 g/mol. The zero-order chi connectivity index (χ0) is 19.4. The molecule has 6 heteroatoms. The van der Waals surface area contributed by atoms with Crippen LogP contribution in [0.1, 0.15) is 29.9 Å². The van der Waals surface area contributed by atoms with Crippen LogP contribution in [0.5, 0.6) is 5.75 Å². The van der Waals surface area contributed by atoms with Crippen molar-refractivity contribution in [2.24, 2.45) is 10.9 Å². The van der Waals surface area contributed by atoms with Crippen molar-refractivity contribution < 1.29 is 14.3 Å². The smallest absolute Gasteiger partial charge is 0.149 e. The summed E-state index contributed by atoms with van der Waals surface area (Å²) in [6.45, 7) is 0.343. The Labute approximate surface area is 168 Å². The van der Waals surface area contributed by atoms with Crippen molar-refractivity contribution in [2.75, 3.05) is 7.11 Å². The second-order valence-corrected chi connectivity index (χ2v) is 7.34. The van der Waals surface area contributed by atoms with Crippen molar-refractivity contribution in [1.29, 1.82) is 0 Å². The molecule has 1 fully saturated rings. The number of nitrogens with zero attached hydrogens (tertiary/aromatic N) is 1. The van der Waals surface area contributed by atoms with Crippen LogP contribution < -0.4 is 4.74 Å². The summed E-state index contributed by atoms with van der Waals surface area (Å²) in [5.41, 5.74) is 1.84. The van der Waals surface area contributed by atoms with Crippen LogP contribution in [0.25, 0.3) is 0 Å². The predicted molar refractivity (Wildman–Crippen MR) is 107 cm³/mol. The summed E-state index contributed by atoms with van der Waals surface area (Å²) in [4.78, 5) is 29.2. The monoisotopic (exact) mass is 403 g/mol. The minimum Gasteiger partial charge on any atom is -0.497 e. The quantitative estimate of drug-likeness (QED) is 0.526. The molecule has 4 nitrogen and oxygen atoms in total. The van der Waals surface area contributed by atoms with Crippen LogP contribution in [-0.2, 0) is 16.1 Å². The lowest BCUT2D eigenvalue weighted by atomic mass is 9.77. The summed E-state index contributed by atoms with van der Waals surface area (Å²) in [6.07, 6.45) is 2.14. The van der Waals surface area contributed by atoms with Gasteiger partial charge in [0.15, 0.2) is 0 Å². The molecule has 3 rings (SSSR count). The van der Waals surface area contributed by atoms with Gasteiger partial charge in [-0.1, -0.05) is 41.4 Å². The summed E-state index contributed by atoms with van der Waals surface area (Å²) in [5.74, 6) is -0.285. The molecule has 0 saturated heterocycles. The number of hydrogen-bond donors (Lipinski definition) is 0. The van der Waals surface area contributed by atoms with E-state index in [0.717, 1.165) is 16.9 Å². The molecular weight excluding hydrogens is 385 g/mol. The molecule has 1 saturated carbocycles. The average Bonchev–Trinajstić information content (AvgIpc) is 2.66. The van der Waals surface area contributed by atoms with Gasteiger partial charge in [-0.25, -0.2) is 0 Å². The second-order valence-electron chi connectivity index (χ2n) is 6.53. The molecule has 0 atom stereocenters. The van der Waals surface area contributed by atoms with Gasteiger partial charge in [0, 0.05) is 19.1 Å². The van der Waals surface area contributed by atoms with Crippen LogP contribution in [0.4, 0.5) is 0 Å². The number of carbonyl (C=O) groups is 2. The number of carbonyl (C=O) groups excluding carboxylic acids is 2. The van der Waals surface area contributed by atoms with Gasteiger partial charge in [-0.3, -0.25) is 14.6 Å². The number of benzene rings is 2. The predicted octanol–water partition coefficient (Wildman–Crippen LogP) is 4.90. The molecule has 1 aliphatic carbocycles. The fraction of sp³-hybridized carbons (Fsp3) is 0.286.